The molecule has 202 valence electrons. The van der Waals surface area contributed by atoms with Gasteiger partial charge in [0, 0.05) is 12.6 Å². The molecule has 11 heteroatoms. The fraction of sp³-hybridized carbons (Fsp3) is 0.462. The molecule has 0 aliphatic heterocycles. The number of carbonyl (C=O) groups excluding carboxylic acids is 2. The highest BCUT2D eigenvalue weighted by Crippen LogP contribution is 2.35. The van der Waals surface area contributed by atoms with Crippen molar-refractivity contribution in [3.8, 4) is 0 Å². The lowest BCUT2D eigenvalue weighted by atomic mass is 9.95. The highest BCUT2D eigenvalue weighted by Gasteiger charge is 2.32. The number of hydrogen-bond acceptors (Lipinski definition) is 4. The lowest BCUT2D eigenvalue weighted by molar-refractivity contribution is -0.139. The summed E-state index contributed by atoms with van der Waals surface area (Å²) in [5, 5.41) is 3.36. The van der Waals surface area contributed by atoms with Crippen molar-refractivity contribution in [2.45, 2.75) is 64.6 Å². The van der Waals surface area contributed by atoms with E-state index in [1.54, 1.807) is 6.92 Å². The van der Waals surface area contributed by atoms with Crippen molar-refractivity contribution in [2.24, 2.45) is 0 Å². The van der Waals surface area contributed by atoms with Crippen molar-refractivity contribution in [1.29, 1.82) is 0 Å². The van der Waals surface area contributed by atoms with E-state index in [-0.39, 0.29) is 39.2 Å². The van der Waals surface area contributed by atoms with Crippen LogP contribution in [0.25, 0.3) is 0 Å². The third-order valence-electron chi connectivity index (χ3n) is 6.66. The fourth-order valence-corrected chi connectivity index (χ4v) is 5.97. The highest BCUT2D eigenvalue weighted by molar-refractivity contribution is 7.92. The van der Waals surface area contributed by atoms with Gasteiger partial charge in [0.2, 0.25) is 21.8 Å². The lowest BCUT2D eigenvalue weighted by Crippen LogP contribution is -2.53. The second-order valence-electron chi connectivity index (χ2n) is 9.45. The fourth-order valence-electron chi connectivity index (χ4n) is 4.42. The summed E-state index contributed by atoms with van der Waals surface area (Å²) in [6, 6.07) is 9.42. The van der Waals surface area contributed by atoms with Gasteiger partial charge >= 0.3 is 0 Å². The molecule has 0 bridgehead atoms. The molecule has 1 atom stereocenters. The number of benzene rings is 2. The molecule has 3 rings (SSSR count). The summed E-state index contributed by atoms with van der Waals surface area (Å²) in [7, 11) is -3.95. The Kier molecular flexibility index (Phi) is 10.1. The molecule has 0 radical (unpaired) electrons. The average Bonchev–Trinajstić information content (AvgIpc) is 2.84. The van der Waals surface area contributed by atoms with E-state index in [2.05, 4.69) is 5.32 Å². The summed E-state index contributed by atoms with van der Waals surface area (Å²) in [5.74, 6) is -0.825. The van der Waals surface area contributed by atoms with Crippen molar-refractivity contribution >= 4 is 62.3 Å². The number of nitrogens with one attached hydrogen (secondary N) is 1. The number of hydrogen-bond donors (Lipinski definition) is 1. The predicted octanol–water partition coefficient (Wildman–Crippen LogP) is 5.59. The Morgan fingerprint density at radius 2 is 1.65 bits per heavy atom. The van der Waals surface area contributed by atoms with Gasteiger partial charge in [-0.1, -0.05) is 78.3 Å². The van der Waals surface area contributed by atoms with Crippen LogP contribution in [0.3, 0.4) is 0 Å². The minimum atomic E-state index is -3.95. The Morgan fingerprint density at radius 1 is 1.03 bits per heavy atom. The molecule has 1 aliphatic carbocycles. The normalized spacial score (nSPS) is 15.2. The van der Waals surface area contributed by atoms with Crippen LogP contribution in [-0.2, 0) is 26.2 Å². The molecular weight excluding hydrogens is 557 g/mol. The van der Waals surface area contributed by atoms with Gasteiger partial charge in [-0.2, -0.15) is 0 Å². The maximum Gasteiger partial charge on any atom is 0.244 e. The minimum Gasteiger partial charge on any atom is -0.352 e. The summed E-state index contributed by atoms with van der Waals surface area (Å²) >= 11 is 18.4. The second kappa shape index (κ2) is 12.7. The zero-order valence-corrected chi connectivity index (χ0v) is 24.2. The SMILES string of the molecule is Cc1ccccc1CN(C(=O)CN(c1cc(Cl)c(Cl)cc1Cl)S(C)(=O)=O)C(C)C(=O)NC1CCCCC1. The third kappa shape index (κ3) is 7.76. The molecule has 2 aromatic carbocycles. The Balaban J connectivity index is 1.93. The van der Waals surface area contributed by atoms with Crippen LogP contribution in [0.1, 0.15) is 50.2 Å². The van der Waals surface area contributed by atoms with Gasteiger partial charge in [0.25, 0.3) is 0 Å². The molecule has 2 amide bonds. The third-order valence-corrected chi connectivity index (χ3v) is 8.81. The van der Waals surface area contributed by atoms with E-state index in [1.165, 1.54) is 17.0 Å². The van der Waals surface area contributed by atoms with Gasteiger partial charge in [-0.25, -0.2) is 8.42 Å². The van der Waals surface area contributed by atoms with Crippen LogP contribution in [0.2, 0.25) is 15.1 Å². The number of anilines is 1. The molecule has 0 heterocycles. The molecule has 0 spiro atoms. The summed E-state index contributed by atoms with van der Waals surface area (Å²) in [5.41, 5.74) is 1.83. The first-order valence-corrected chi connectivity index (χ1v) is 15.1. The minimum absolute atomic E-state index is 0.0289. The summed E-state index contributed by atoms with van der Waals surface area (Å²) in [6.07, 6.45) is 6.05. The number of amides is 2. The molecule has 2 aromatic rings. The first-order chi connectivity index (χ1) is 17.4. The van der Waals surface area contributed by atoms with Crippen molar-refractivity contribution in [2.75, 3.05) is 17.1 Å². The van der Waals surface area contributed by atoms with E-state index in [9.17, 15) is 18.0 Å². The molecule has 1 unspecified atom stereocenters. The molecule has 37 heavy (non-hydrogen) atoms. The highest BCUT2D eigenvalue weighted by atomic mass is 35.5. The first kappa shape index (κ1) is 29.6. The van der Waals surface area contributed by atoms with Gasteiger partial charge in [0.1, 0.15) is 12.6 Å². The zero-order chi connectivity index (χ0) is 27.3. The molecule has 1 saturated carbocycles. The molecule has 1 N–H and O–H groups in total. The first-order valence-electron chi connectivity index (χ1n) is 12.1. The van der Waals surface area contributed by atoms with Crippen LogP contribution in [0, 0.1) is 6.92 Å². The van der Waals surface area contributed by atoms with Gasteiger partial charge in [0.15, 0.2) is 0 Å². The van der Waals surface area contributed by atoms with Crippen molar-refractivity contribution < 1.29 is 18.0 Å². The van der Waals surface area contributed by atoms with Crippen LogP contribution in [0.15, 0.2) is 36.4 Å². The number of sulfonamides is 1. The number of aryl methyl sites for hydroxylation is 1. The van der Waals surface area contributed by atoms with Crippen molar-refractivity contribution in [1.82, 2.24) is 10.2 Å². The van der Waals surface area contributed by atoms with E-state index in [1.807, 2.05) is 31.2 Å². The Bertz CT molecular complexity index is 1250. The van der Waals surface area contributed by atoms with Crippen LogP contribution >= 0.6 is 34.8 Å². The quantitative estimate of drug-likeness (QED) is 0.387. The van der Waals surface area contributed by atoms with E-state index in [0.29, 0.717) is 0 Å². The van der Waals surface area contributed by atoms with Gasteiger partial charge in [-0.15, -0.1) is 0 Å². The molecule has 0 aromatic heterocycles. The monoisotopic (exact) mass is 587 g/mol. The molecule has 1 fully saturated rings. The molecule has 0 saturated heterocycles. The van der Waals surface area contributed by atoms with Gasteiger partial charge in [0.05, 0.1) is 27.0 Å². The van der Waals surface area contributed by atoms with Crippen LogP contribution < -0.4 is 9.62 Å². The van der Waals surface area contributed by atoms with Crippen molar-refractivity contribution in [3.05, 3.63) is 62.6 Å². The van der Waals surface area contributed by atoms with Crippen LogP contribution in [-0.4, -0.2) is 50.0 Å². The summed E-state index contributed by atoms with van der Waals surface area (Å²) in [4.78, 5) is 28.4. The van der Waals surface area contributed by atoms with E-state index < -0.39 is 28.5 Å². The molecule has 7 nitrogen and oxygen atoms in total. The van der Waals surface area contributed by atoms with E-state index >= 15 is 0 Å². The molecular formula is C26H32Cl3N3O4S. The smallest absolute Gasteiger partial charge is 0.244 e. The topological polar surface area (TPSA) is 86.8 Å². The number of rotatable bonds is 9. The lowest BCUT2D eigenvalue weighted by Gasteiger charge is -2.33. The zero-order valence-electron chi connectivity index (χ0n) is 21.1. The summed E-state index contributed by atoms with van der Waals surface area (Å²) < 4.78 is 26.4. The van der Waals surface area contributed by atoms with E-state index in [0.717, 1.165) is 53.8 Å². The van der Waals surface area contributed by atoms with Gasteiger partial charge < -0.3 is 10.2 Å². The number of nitrogens with zero attached hydrogens (tertiary/aromatic N) is 2. The van der Waals surface area contributed by atoms with Gasteiger partial charge in [-0.05, 0) is 49.9 Å². The maximum atomic E-state index is 13.7. The standard InChI is InChI=1S/C26H32Cl3N3O4S/c1-17-9-7-8-10-19(17)15-31(18(2)26(34)30-20-11-5-4-6-12-20)25(33)16-32(37(3,35)36)24-14-22(28)21(27)13-23(24)29/h7-10,13-14,18,20H,4-6,11-12,15-16H2,1-3H3,(H,30,34). The molecule has 1 aliphatic rings. The van der Waals surface area contributed by atoms with Crippen molar-refractivity contribution in [3.63, 3.8) is 0 Å². The van der Waals surface area contributed by atoms with E-state index in [4.69, 9.17) is 34.8 Å². The Labute approximate surface area is 234 Å². The predicted molar refractivity (Wildman–Crippen MR) is 150 cm³/mol. The Hall–Kier alpha value is -2.00. The van der Waals surface area contributed by atoms with Crippen LogP contribution in [0.5, 0.6) is 0 Å². The summed E-state index contributed by atoms with van der Waals surface area (Å²) in [6.45, 7) is 3.15. The average molecular weight is 589 g/mol. The number of halogens is 3. The number of carbonyl (C=O) groups is 2. The maximum absolute atomic E-state index is 13.7. The van der Waals surface area contributed by atoms with Gasteiger partial charge in [-0.3, -0.25) is 13.9 Å². The largest absolute Gasteiger partial charge is 0.352 e. The Morgan fingerprint density at radius 3 is 2.27 bits per heavy atom. The van der Waals surface area contributed by atoms with Crippen LogP contribution in [0.4, 0.5) is 5.69 Å². The second-order valence-corrected chi connectivity index (χ2v) is 12.6.